The molecule has 2 aromatic carbocycles. The molecule has 1 aliphatic carbocycles. The Bertz CT molecular complexity index is 840. The number of fused-ring (bicyclic) bond motifs is 3. The molecule has 4 nitrogen and oxygen atoms in total. The molecule has 0 spiro atoms. The van der Waals surface area contributed by atoms with Crippen LogP contribution in [0.25, 0.3) is 11.1 Å². The Morgan fingerprint density at radius 1 is 1.07 bits per heavy atom. The molecule has 2 aromatic rings. The molecule has 2 unspecified atom stereocenters. The minimum Gasteiger partial charge on any atom is -0.493 e. The number of ether oxygens (including phenoxy) is 2. The summed E-state index contributed by atoms with van der Waals surface area (Å²) >= 11 is 0. The summed E-state index contributed by atoms with van der Waals surface area (Å²) in [5.41, 5.74) is 3.20. The minimum atomic E-state index is 0.0550. The van der Waals surface area contributed by atoms with Crippen LogP contribution in [-0.2, 0) is 0 Å². The standard InChI is InChI=1S/C23H27NO3/c1-3-18(15-8-7-13-24-14-15)27-20-12-6-10-17-22(20)21-16(23(17)25)9-5-11-19(21)26-4-2/h5-6,9-12,15,18,24H,3-4,7-8,13-14H2,1-2H3. The molecular weight excluding hydrogens is 338 g/mol. The molecule has 27 heavy (non-hydrogen) atoms. The summed E-state index contributed by atoms with van der Waals surface area (Å²) in [4.78, 5) is 12.9. The van der Waals surface area contributed by atoms with Gasteiger partial charge in [0.05, 0.1) is 6.61 Å². The van der Waals surface area contributed by atoms with E-state index in [-0.39, 0.29) is 11.9 Å². The second kappa shape index (κ2) is 7.73. The third kappa shape index (κ3) is 3.23. The Balaban J connectivity index is 1.75. The quantitative estimate of drug-likeness (QED) is 0.701. The van der Waals surface area contributed by atoms with Crippen molar-refractivity contribution in [1.82, 2.24) is 5.32 Å². The highest BCUT2D eigenvalue weighted by Crippen LogP contribution is 2.47. The fourth-order valence-electron chi connectivity index (χ4n) is 4.35. The zero-order valence-electron chi connectivity index (χ0n) is 16.1. The van der Waals surface area contributed by atoms with E-state index in [4.69, 9.17) is 9.47 Å². The SMILES string of the molecule is CCOc1cccc2c1-c1c(OC(CC)C3CCCNC3)cccc1C2=O. The van der Waals surface area contributed by atoms with Gasteiger partial charge < -0.3 is 14.8 Å². The van der Waals surface area contributed by atoms with Gasteiger partial charge in [0.15, 0.2) is 5.78 Å². The van der Waals surface area contributed by atoms with E-state index in [0.29, 0.717) is 23.7 Å². The van der Waals surface area contributed by atoms with Crippen molar-refractivity contribution >= 4 is 5.78 Å². The lowest BCUT2D eigenvalue weighted by Crippen LogP contribution is -2.39. The average Bonchev–Trinajstić information content (AvgIpc) is 3.01. The summed E-state index contributed by atoms with van der Waals surface area (Å²) in [7, 11) is 0. The van der Waals surface area contributed by atoms with Crippen LogP contribution in [0.15, 0.2) is 36.4 Å². The molecule has 0 bridgehead atoms. The molecule has 2 aliphatic rings. The van der Waals surface area contributed by atoms with Crippen molar-refractivity contribution in [1.29, 1.82) is 0 Å². The number of carbonyl (C=O) groups is 1. The van der Waals surface area contributed by atoms with Crippen molar-refractivity contribution in [2.75, 3.05) is 19.7 Å². The monoisotopic (exact) mass is 365 g/mol. The van der Waals surface area contributed by atoms with Gasteiger partial charge in [-0.15, -0.1) is 0 Å². The highest BCUT2D eigenvalue weighted by Gasteiger charge is 2.33. The van der Waals surface area contributed by atoms with Gasteiger partial charge >= 0.3 is 0 Å². The lowest BCUT2D eigenvalue weighted by Gasteiger charge is -2.31. The first-order valence-electron chi connectivity index (χ1n) is 10.1. The summed E-state index contributed by atoms with van der Waals surface area (Å²) in [5, 5.41) is 3.48. The predicted octanol–water partition coefficient (Wildman–Crippen LogP) is 4.45. The van der Waals surface area contributed by atoms with Crippen molar-refractivity contribution in [3.8, 4) is 22.6 Å². The number of ketones is 1. The van der Waals surface area contributed by atoms with Crippen LogP contribution in [0.1, 0.15) is 49.0 Å². The first-order chi connectivity index (χ1) is 13.2. The maximum absolute atomic E-state index is 12.9. The van der Waals surface area contributed by atoms with Gasteiger partial charge in [-0.3, -0.25) is 4.79 Å². The third-order valence-electron chi connectivity index (χ3n) is 5.63. The lowest BCUT2D eigenvalue weighted by atomic mass is 9.92. The van der Waals surface area contributed by atoms with Gasteiger partial charge in [-0.05, 0) is 44.9 Å². The minimum absolute atomic E-state index is 0.0550. The van der Waals surface area contributed by atoms with Gasteiger partial charge in [-0.2, -0.15) is 0 Å². The van der Waals surface area contributed by atoms with Crippen LogP contribution in [0.4, 0.5) is 0 Å². The second-order valence-corrected chi connectivity index (χ2v) is 7.29. The van der Waals surface area contributed by atoms with Crippen molar-refractivity contribution < 1.29 is 14.3 Å². The van der Waals surface area contributed by atoms with Gasteiger partial charge in [0, 0.05) is 34.7 Å². The zero-order chi connectivity index (χ0) is 18.8. The molecule has 0 saturated carbocycles. The first-order valence-corrected chi connectivity index (χ1v) is 10.1. The van der Waals surface area contributed by atoms with Gasteiger partial charge in [0.25, 0.3) is 0 Å². The first kappa shape index (κ1) is 18.1. The Morgan fingerprint density at radius 3 is 2.41 bits per heavy atom. The van der Waals surface area contributed by atoms with Crippen molar-refractivity contribution in [2.24, 2.45) is 5.92 Å². The maximum atomic E-state index is 12.9. The van der Waals surface area contributed by atoms with E-state index in [1.54, 1.807) is 0 Å². The smallest absolute Gasteiger partial charge is 0.194 e. The molecule has 1 aliphatic heterocycles. The number of nitrogens with one attached hydrogen (secondary N) is 1. The van der Waals surface area contributed by atoms with Crippen molar-refractivity contribution in [3.05, 3.63) is 47.5 Å². The van der Waals surface area contributed by atoms with E-state index < -0.39 is 0 Å². The molecule has 0 aromatic heterocycles. The number of carbonyl (C=O) groups excluding carboxylic acids is 1. The molecule has 0 radical (unpaired) electrons. The van der Waals surface area contributed by atoms with E-state index in [0.717, 1.165) is 42.1 Å². The molecule has 2 atom stereocenters. The summed E-state index contributed by atoms with van der Waals surface area (Å²) < 4.78 is 12.4. The largest absolute Gasteiger partial charge is 0.493 e. The third-order valence-corrected chi connectivity index (χ3v) is 5.63. The second-order valence-electron chi connectivity index (χ2n) is 7.29. The van der Waals surface area contributed by atoms with Gasteiger partial charge in [-0.25, -0.2) is 0 Å². The van der Waals surface area contributed by atoms with E-state index >= 15 is 0 Å². The normalized spacial score (nSPS) is 19.3. The molecule has 4 heteroatoms. The molecule has 4 rings (SSSR count). The Kier molecular flexibility index (Phi) is 5.17. The van der Waals surface area contributed by atoms with Crippen LogP contribution in [-0.4, -0.2) is 31.6 Å². The fraction of sp³-hybridized carbons (Fsp3) is 0.435. The predicted molar refractivity (Wildman–Crippen MR) is 107 cm³/mol. The molecule has 1 heterocycles. The van der Waals surface area contributed by atoms with E-state index in [1.807, 2.05) is 43.3 Å². The Morgan fingerprint density at radius 2 is 1.78 bits per heavy atom. The summed E-state index contributed by atoms with van der Waals surface area (Å²) in [6, 6.07) is 11.5. The number of hydrogen-bond acceptors (Lipinski definition) is 4. The molecule has 142 valence electrons. The molecular formula is C23H27NO3. The van der Waals surface area contributed by atoms with E-state index in [9.17, 15) is 4.79 Å². The lowest BCUT2D eigenvalue weighted by molar-refractivity contribution is 0.103. The van der Waals surface area contributed by atoms with Gasteiger partial charge in [0.2, 0.25) is 0 Å². The number of rotatable bonds is 6. The number of benzene rings is 2. The summed E-state index contributed by atoms with van der Waals surface area (Å²) in [5.74, 6) is 2.10. The fourth-order valence-corrected chi connectivity index (χ4v) is 4.35. The topological polar surface area (TPSA) is 47.6 Å². The van der Waals surface area contributed by atoms with E-state index in [2.05, 4.69) is 12.2 Å². The summed E-state index contributed by atoms with van der Waals surface area (Å²) in [6.45, 7) is 6.78. The van der Waals surface area contributed by atoms with Crippen LogP contribution in [0.2, 0.25) is 0 Å². The van der Waals surface area contributed by atoms with Crippen LogP contribution >= 0.6 is 0 Å². The Labute approximate surface area is 160 Å². The van der Waals surface area contributed by atoms with E-state index in [1.165, 1.54) is 12.8 Å². The van der Waals surface area contributed by atoms with Crippen LogP contribution in [0.5, 0.6) is 11.5 Å². The summed E-state index contributed by atoms with van der Waals surface area (Å²) in [6.07, 6.45) is 3.46. The zero-order valence-corrected chi connectivity index (χ0v) is 16.1. The number of hydrogen-bond donors (Lipinski definition) is 1. The highest BCUT2D eigenvalue weighted by molar-refractivity contribution is 6.23. The molecule has 1 N–H and O–H groups in total. The van der Waals surface area contributed by atoms with Crippen LogP contribution < -0.4 is 14.8 Å². The van der Waals surface area contributed by atoms with Gasteiger partial charge in [-0.1, -0.05) is 31.2 Å². The highest BCUT2D eigenvalue weighted by atomic mass is 16.5. The average molecular weight is 365 g/mol. The molecule has 0 amide bonds. The molecule has 1 saturated heterocycles. The Hall–Kier alpha value is -2.33. The van der Waals surface area contributed by atoms with Crippen molar-refractivity contribution in [3.63, 3.8) is 0 Å². The van der Waals surface area contributed by atoms with Crippen LogP contribution in [0, 0.1) is 5.92 Å². The van der Waals surface area contributed by atoms with Crippen molar-refractivity contribution in [2.45, 2.75) is 39.2 Å². The maximum Gasteiger partial charge on any atom is 0.194 e. The molecule has 1 fully saturated rings. The van der Waals surface area contributed by atoms with Gasteiger partial charge in [0.1, 0.15) is 17.6 Å². The number of piperidine rings is 1. The van der Waals surface area contributed by atoms with Crippen LogP contribution in [0.3, 0.4) is 0 Å².